The largest absolute Gasteiger partial charge is 0.489 e. The summed E-state index contributed by atoms with van der Waals surface area (Å²) in [5.41, 5.74) is 2.32. The first-order valence-corrected chi connectivity index (χ1v) is 10.7. The smallest absolute Gasteiger partial charge is 0.215 e. The Bertz CT molecular complexity index is 832. The van der Waals surface area contributed by atoms with Crippen LogP contribution in [0, 0.1) is 5.92 Å². The summed E-state index contributed by atoms with van der Waals surface area (Å²) >= 11 is 0. The zero-order valence-electron chi connectivity index (χ0n) is 17.3. The molecule has 2 heterocycles. The molecule has 1 saturated heterocycles. The number of hydrogen-bond acceptors (Lipinski definition) is 5. The number of anilines is 1. The van der Waals surface area contributed by atoms with Crippen LogP contribution >= 0.6 is 0 Å². The molecule has 1 aromatic heterocycles. The number of ketones is 1. The third-order valence-corrected chi connectivity index (χ3v) is 5.74. The van der Waals surface area contributed by atoms with Crippen molar-refractivity contribution in [2.24, 2.45) is 5.92 Å². The van der Waals surface area contributed by atoms with Gasteiger partial charge in [-0.25, -0.2) is 4.98 Å². The van der Waals surface area contributed by atoms with E-state index >= 15 is 0 Å². The van der Waals surface area contributed by atoms with Crippen molar-refractivity contribution in [1.82, 2.24) is 4.98 Å². The maximum absolute atomic E-state index is 11.3. The van der Waals surface area contributed by atoms with Crippen molar-refractivity contribution < 1.29 is 14.3 Å². The Kier molecular flexibility index (Phi) is 6.02. The molecule has 0 N–H and O–H groups in total. The Morgan fingerprint density at radius 2 is 2.00 bits per heavy atom. The van der Waals surface area contributed by atoms with Gasteiger partial charge in [0.1, 0.15) is 17.6 Å². The van der Waals surface area contributed by atoms with Gasteiger partial charge < -0.3 is 19.2 Å². The number of hydrogen-bond donors (Lipinski definition) is 0. The summed E-state index contributed by atoms with van der Waals surface area (Å²) in [6, 6.07) is 12.3. The average Bonchev–Trinajstić information content (AvgIpc) is 3.43. The minimum atomic E-state index is 0.166. The van der Waals surface area contributed by atoms with Crippen LogP contribution in [-0.2, 0) is 4.79 Å². The fourth-order valence-electron chi connectivity index (χ4n) is 3.84. The van der Waals surface area contributed by atoms with Crippen LogP contribution in [0.1, 0.15) is 51.0 Å². The molecule has 5 heteroatoms. The van der Waals surface area contributed by atoms with Crippen molar-refractivity contribution >= 4 is 11.5 Å². The predicted octanol–water partition coefficient (Wildman–Crippen LogP) is 4.61. The number of carbonyl (C=O) groups is 1. The van der Waals surface area contributed by atoms with Crippen LogP contribution in [0.3, 0.4) is 0 Å². The normalized spacial score (nSPS) is 19.8. The molecular weight excluding hydrogens is 364 g/mol. The molecule has 1 unspecified atom stereocenters. The highest BCUT2D eigenvalue weighted by Gasteiger charge is 2.25. The fraction of sp³-hybridized carbons (Fsp3) is 0.500. The van der Waals surface area contributed by atoms with E-state index in [1.807, 2.05) is 30.5 Å². The summed E-state index contributed by atoms with van der Waals surface area (Å²) in [5, 5.41) is 0. The first-order chi connectivity index (χ1) is 14.1. The summed E-state index contributed by atoms with van der Waals surface area (Å²) in [5.74, 6) is 2.79. The molecule has 1 aliphatic carbocycles. The van der Waals surface area contributed by atoms with Crippen LogP contribution in [0.15, 0.2) is 42.6 Å². The molecule has 1 aliphatic heterocycles. The third kappa shape index (κ3) is 5.49. The fourth-order valence-corrected chi connectivity index (χ4v) is 3.84. The van der Waals surface area contributed by atoms with Gasteiger partial charge in [0.05, 0.1) is 13.2 Å². The number of benzene rings is 1. The van der Waals surface area contributed by atoms with Gasteiger partial charge in [-0.1, -0.05) is 19.1 Å². The summed E-state index contributed by atoms with van der Waals surface area (Å²) in [4.78, 5) is 18.0. The SMILES string of the molecule is CC(=O)C[C@@H](C)c1ccc(OC2CCN(c3ccnc(OCC4CC4)c3)C2)cc1. The van der Waals surface area contributed by atoms with Gasteiger partial charge in [-0.05, 0) is 55.4 Å². The van der Waals surface area contributed by atoms with Gasteiger partial charge in [-0.15, -0.1) is 0 Å². The number of carbonyl (C=O) groups excluding carboxylic acids is 1. The number of Topliss-reactive ketones (excluding diaryl/α,β-unsaturated/α-hetero) is 1. The van der Waals surface area contributed by atoms with E-state index in [-0.39, 0.29) is 17.8 Å². The second-order valence-electron chi connectivity index (χ2n) is 8.46. The van der Waals surface area contributed by atoms with Crippen LogP contribution in [0.25, 0.3) is 0 Å². The minimum absolute atomic E-state index is 0.166. The highest BCUT2D eigenvalue weighted by molar-refractivity contribution is 5.76. The van der Waals surface area contributed by atoms with E-state index in [4.69, 9.17) is 9.47 Å². The summed E-state index contributed by atoms with van der Waals surface area (Å²) in [7, 11) is 0. The van der Waals surface area contributed by atoms with Crippen LogP contribution in [-0.4, -0.2) is 36.6 Å². The first kappa shape index (κ1) is 19.7. The van der Waals surface area contributed by atoms with Crippen molar-refractivity contribution in [2.75, 3.05) is 24.6 Å². The number of aromatic nitrogens is 1. The highest BCUT2D eigenvalue weighted by atomic mass is 16.5. The lowest BCUT2D eigenvalue weighted by atomic mass is 9.96. The molecule has 1 aromatic carbocycles. The van der Waals surface area contributed by atoms with Crippen molar-refractivity contribution in [2.45, 2.75) is 51.6 Å². The van der Waals surface area contributed by atoms with Crippen LogP contribution in [0.2, 0.25) is 0 Å². The monoisotopic (exact) mass is 394 g/mol. The Balaban J connectivity index is 1.30. The predicted molar refractivity (Wildman–Crippen MR) is 114 cm³/mol. The number of pyridine rings is 1. The molecule has 4 rings (SSSR count). The Labute approximate surface area is 173 Å². The molecule has 0 spiro atoms. The quantitative estimate of drug-likeness (QED) is 0.622. The third-order valence-electron chi connectivity index (χ3n) is 5.74. The second-order valence-corrected chi connectivity index (χ2v) is 8.46. The number of nitrogens with zero attached hydrogens (tertiary/aromatic N) is 2. The maximum Gasteiger partial charge on any atom is 0.215 e. The number of rotatable bonds is 9. The van der Waals surface area contributed by atoms with E-state index < -0.39 is 0 Å². The van der Waals surface area contributed by atoms with Crippen LogP contribution in [0.4, 0.5) is 5.69 Å². The van der Waals surface area contributed by atoms with Gasteiger partial charge in [-0.2, -0.15) is 0 Å². The van der Waals surface area contributed by atoms with Crippen molar-refractivity contribution in [3.8, 4) is 11.6 Å². The van der Waals surface area contributed by atoms with Gasteiger partial charge in [0, 0.05) is 37.3 Å². The van der Waals surface area contributed by atoms with Crippen molar-refractivity contribution in [1.29, 1.82) is 0 Å². The lowest BCUT2D eigenvalue weighted by molar-refractivity contribution is -0.117. The van der Waals surface area contributed by atoms with Crippen molar-refractivity contribution in [3.05, 3.63) is 48.2 Å². The lowest BCUT2D eigenvalue weighted by Gasteiger charge is -2.20. The number of ether oxygens (including phenoxy) is 2. The van der Waals surface area contributed by atoms with Gasteiger partial charge in [0.25, 0.3) is 0 Å². The lowest BCUT2D eigenvalue weighted by Crippen LogP contribution is -2.24. The molecule has 154 valence electrons. The molecule has 29 heavy (non-hydrogen) atoms. The zero-order valence-corrected chi connectivity index (χ0v) is 17.3. The molecule has 0 bridgehead atoms. The zero-order chi connectivity index (χ0) is 20.2. The van der Waals surface area contributed by atoms with E-state index in [2.05, 4.69) is 28.9 Å². The van der Waals surface area contributed by atoms with Gasteiger partial charge in [0.15, 0.2) is 0 Å². The molecule has 2 aliphatic rings. The van der Waals surface area contributed by atoms with E-state index in [9.17, 15) is 4.79 Å². The summed E-state index contributed by atoms with van der Waals surface area (Å²) in [6.45, 7) is 6.33. The van der Waals surface area contributed by atoms with E-state index in [1.54, 1.807) is 6.92 Å². The molecular formula is C24H30N2O3. The summed E-state index contributed by atoms with van der Waals surface area (Å²) < 4.78 is 12.0. The first-order valence-electron chi connectivity index (χ1n) is 10.7. The Hall–Kier alpha value is -2.56. The topological polar surface area (TPSA) is 51.7 Å². The van der Waals surface area contributed by atoms with E-state index in [0.717, 1.165) is 43.5 Å². The molecule has 2 atom stereocenters. The van der Waals surface area contributed by atoms with Crippen LogP contribution in [0.5, 0.6) is 11.6 Å². The average molecular weight is 395 g/mol. The molecule has 5 nitrogen and oxygen atoms in total. The molecule has 2 aromatic rings. The molecule has 1 saturated carbocycles. The molecule has 0 amide bonds. The summed E-state index contributed by atoms with van der Waals surface area (Å²) in [6.07, 6.45) is 6.12. The second kappa shape index (κ2) is 8.85. The van der Waals surface area contributed by atoms with Gasteiger partial charge in [-0.3, -0.25) is 0 Å². The minimum Gasteiger partial charge on any atom is -0.489 e. The van der Waals surface area contributed by atoms with Crippen LogP contribution < -0.4 is 14.4 Å². The highest BCUT2D eigenvalue weighted by Crippen LogP contribution is 2.30. The molecule has 2 fully saturated rings. The Morgan fingerprint density at radius 3 is 2.72 bits per heavy atom. The Morgan fingerprint density at radius 1 is 1.21 bits per heavy atom. The van der Waals surface area contributed by atoms with Gasteiger partial charge in [0.2, 0.25) is 5.88 Å². The van der Waals surface area contributed by atoms with E-state index in [1.165, 1.54) is 18.4 Å². The molecule has 0 radical (unpaired) electrons. The van der Waals surface area contributed by atoms with E-state index in [0.29, 0.717) is 12.3 Å². The van der Waals surface area contributed by atoms with Crippen molar-refractivity contribution in [3.63, 3.8) is 0 Å². The maximum atomic E-state index is 11.3. The standard InChI is InChI=1S/C24H30N2O3/c1-17(13-18(2)27)20-5-7-22(8-6-20)29-23-10-12-26(15-23)21-9-11-25-24(14-21)28-16-19-3-4-19/h5-9,11,14,17,19,23H,3-4,10,12-13,15-16H2,1-2H3/t17-,23?/m1/s1. The van der Waals surface area contributed by atoms with Gasteiger partial charge >= 0.3 is 0 Å².